The molecule has 2 amide bonds. The maximum Gasteiger partial charge on any atom is 0.320 e. The number of pyridine rings is 2. The highest BCUT2D eigenvalue weighted by molar-refractivity contribution is 7.89. The summed E-state index contributed by atoms with van der Waals surface area (Å²) in [6.45, 7) is 6.39. The second-order valence-corrected chi connectivity index (χ2v) is 14.4. The van der Waals surface area contributed by atoms with Gasteiger partial charge in [0.25, 0.3) is 0 Å². The summed E-state index contributed by atoms with van der Waals surface area (Å²) in [7, 11) is -3.73. The van der Waals surface area contributed by atoms with Crippen LogP contribution < -0.4 is 20.1 Å². The van der Waals surface area contributed by atoms with Crippen LogP contribution in [0.5, 0.6) is 11.6 Å². The average molecular weight is 677 g/mol. The van der Waals surface area contributed by atoms with Crippen LogP contribution in [0.15, 0.2) is 90.1 Å². The van der Waals surface area contributed by atoms with Crippen molar-refractivity contribution >= 4 is 21.7 Å². The number of amides is 2. The summed E-state index contributed by atoms with van der Waals surface area (Å²) in [6, 6.07) is 19.5. The van der Waals surface area contributed by atoms with Crippen molar-refractivity contribution < 1.29 is 27.4 Å². The van der Waals surface area contributed by atoms with Crippen LogP contribution in [0.2, 0.25) is 0 Å². The molecule has 0 aliphatic carbocycles. The summed E-state index contributed by atoms with van der Waals surface area (Å²) in [5.41, 5.74) is 2.26. The normalized spacial score (nSPS) is 17.1. The van der Waals surface area contributed by atoms with Gasteiger partial charge in [0.2, 0.25) is 15.9 Å². The average Bonchev–Trinajstić information content (AvgIpc) is 3.03. The SMILES string of the molecule is Cc1ccc(NC(=O)NC2CC(c3cccc(F)c3)CCN2Cc2ccc(Oc3ccc(S(=O)(=O)NCCC(C)(C)O)cc3)nc2)cn1. The lowest BCUT2D eigenvalue weighted by Gasteiger charge is -2.40. The van der Waals surface area contributed by atoms with Crippen LogP contribution in [0.4, 0.5) is 14.9 Å². The number of hydrogen-bond donors (Lipinski definition) is 4. The van der Waals surface area contributed by atoms with Gasteiger partial charge >= 0.3 is 6.03 Å². The van der Waals surface area contributed by atoms with Crippen LogP contribution in [0.25, 0.3) is 0 Å². The van der Waals surface area contributed by atoms with E-state index in [4.69, 9.17) is 4.74 Å². The molecular formula is C35H41FN6O5S. The Labute approximate surface area is 280 Å². The third kappa shape index (κ3) is 10.0. The van der Waals surface area contributed by atoms with Crippen LogP contribution >= 0.6 is 0 Å². The third-order valence-corrected chi connectivity index (χ3v) is 9.55. The Morgan fingerprint density at radius 2 is 1.85 bits per heavy atom. The van der Waals surface area contributed by atoms with E-state index in [1.165, 1.54) is 18.2 Å². The molecule has 5 rings (SSSR count). The zero-order valence-electron chi connectivity index (χ0n) is 27.2. The summed E-state index contributed by atoms with van der Waals surface area (Å²) in [4.78, 5) is 24.0. The Hall–Kier alpha value is -4.43. The van der Waals surface area contributed by atoms with Crippen molar-refractivity contribution in [2.45, 2.75) is 69.2 Å². The van der Waals surface area contributed by atoms with Gasteiger partial charge < -0.3 is 20.5 Å². The molecule has 1 saturated heterocycles. The Kier molecular flexibility index (Phi) is 11.0. The van der Waals surface area contributed by atoms with E-state index in [1.807, 2.05) is 25.1 Å². The standard InChI is InChI=1S/C35H41FN6O5S/c1-24-7-9-29(22-37-24)40-34(43)41-32-20-27(26-5-4-6-28(36)19-26)15-18-42(32)23-25-8-14-33(38-21-25)47-30-10-12-31(13-11-30)48(45,46)39-17-16-35(2,3)44/h4-14,19,21-22,27,32,39,44H,15-18,20,23H2,1-3H3,(H2,40,41,43). The molecule has 2 aromatic carbocycles. The minimum atomic E-state index is -3.73. The van der Waals surface area contributed by atoms with Gasteiger partial charge in [-0.1, -0.05) is 18.2 Å². The fourth-order valence-corrected chi connectivity index (χ4v) is 6.49. The molecule has 0 bridgehead atoms. The van der Waals surface area contributed by atoms with E-state index in [0.29, 0.717) is 36.8 Å². The zero-order valence-corrected chi connectivity index (χ0v) is 28.0. The fourth-order valence-electron chi connectivity index (χ4n) is 5.46. The number of urea groups is 1. The van der Waals surface area contributed by atoms with E-state index >= 15 is 0 Å². The molecule has 2 atom stereocenters. The highest BCUT2D eigenvalue weighted by Gasteiger charge is 2.31. The highest BCUT2D eigenvalue weighted by atomic mass is 32.2. The van der Waals surface area contributed by atoms with Crippen LogP contribution in [-0.2, 0) is 16.6 Å². The number of aryl methyl sites for hydroxylation is 1. The Morgan fingerprint density at radius 1 is 1.06 bits per heavy atom. The molecule has 3 heterocycles. The van der Waals surface area contributed by atoms with Gasteiger partial charge in [-0.2, -0.15) is 0 Å². The molecule has 0 saturated carbocycles. The van der Waals surface area contributed by atoms with Gasteiger partial charge in [-0.05, 0) is 106 Å². The van der Waals surface area contributed by atoms with Crippen molar-refractivity contribution in [3.05, 3.63) is 108 Å². The Balaban J connectivity index is 1.21. The van der Waals surface area contributed by atoms with Gasteiger partial charge in [0.1, 0.15) is 11.6 Å². The first kappa shape index (κ1) is 34.9. The van der Waals surface area contributed by atoms with E-state index < -0.39 is 15.6 Å². The van der Waals surface area contributed by atoms with Crippen molar-refractivity contribution in [1.82, 2.24) is 24.9 Å². The van der Waals surface area contributed by atoms with Gasteiger partial charge in [0, 0.05) is 37.6 Å². The topological polar surface area (TPSA) is 146 Å². The lowest BCUT2D eigenvalue weighted by atomic mass is 9.87. The number of nitrogens with zero attached hydrogens (tertiary/aromatic N) is 3. The van der Waals surface area contributed by atoms with Crippen molar-refractivity contribution in [3.8, 4) is 11.6 Å². The van der Waals surface area contributed by atoms with Crippen molar-refractivity contribution in [1.29, 1.82) is 0 Å². The van der Waals surface area contributed by atoms with Crippen molar-refractivity contribution in [3.63, 3.8) is 0 Å². The summed E-state index contributed by atoms with van der Waals surface area (Å²) in [6.07, 6.45) is 4.64. The predicted octanol–water partition coefficient (Wildman–Crippen LogP) is 5.68. The largest absolute Gasteiger partial charge is 0.439 e. The van der Waals surface area contributed by atoms with E-state index in [2.05, 4.69) is 30.2 Å². The molecule has 48 heavy (non-hydrogen) atoms. The van der Waals surface area contributed by atoms with Crippen molar-refractivity contribution in [2.24, 2.45) is 0 Å². The molecule has 4 aromatic rings. The molecule has 0 radical (unpaired) electrons. The summed E-state index contributed by atoms with van der Waals surface area (Å²) in [5, 5.41) is 15.8. The van der Waals surface area contributed by atoms with Crippen LogP contribution in [0.3, 0.4) is 0 Å². The number of benzene rings is 2. The minimum absolute atomic E-state index is 0.0713. The molecule has 1 aliphatic heterocycles. The quantitative estimate of drug-likeness (QED) is 0.150. The molecule has 1 aliphatic rings. The number of likely N-dealkylation sites (tertiary alicyclic amines) is 1. The number of anilines is 1. The van der Waals surface area contributed by atoms with Gasteiger partial charge in [0.15, 0.2) is 0 Å². The number of piperidine rings is 1. The van der Waals surface area contributed by atoms with Crippen LogP contribution in [0, 0.1) is 12.7 Å². The monoisotopic (exact) mass is 676 g/mol. The molecular weight excluding hydrogens is 635 g/mol. The first-order valence-corrected chi connectivity index (χ1v) is 17.3. The Bertz CT molecular complexity index is 1780. The number of nitrogens with one attached hydrogen (secondary N) is 3. The molecule has 2 aromatic heterocycles. The molecule has 254 valence electrons. The summed E-state index contributed by atoms with van der Waals surface area (Å²) < 4.78 is 47.5. The van der Waals surface area contributed by atoms with Crippen LogP contribution in [-0.4, -0.2) is 59.3 Å². The number of ether oxygens (including phenoxy) is 1. The van der Waals surface area contributed by atoms with Crippen molar-refractivity contribution in [2.75, 3.05) is 18.4 Å². The predicted molar refractivity (Wildman–Crippen MR) is 181 cm³/mol. The zero-order chi connectivity index (χ0) is 34.3. The van der Waals surface area contributed by atoms with E-state index in [9.17, 15) is 22.7 Å². The van der Waals surface area contributed by atoms with Gasteiger partial charge in [0.05, 0.1) is 28.5 Å². The van der Waals surface area contributed by atoms with E-state index in [0.717, 1.165) is 23.2 Å². The number of aliphatic hydroxyl groups is 1. The fraction of sp³-hybridized carbons (Fsp3) is 0.343. The lowest BCUT2D eigenvalue weighted by Crippen LogP contribution is -2.52. The molecule has 4 N–H and O–H groups in total. The lowest BCUT2D eigenvalue weighted by molar-refractivity contribution is 0.0728. The first-order valence-electron chi connectivity index (χ1n) is 15.8. The van der Waals surface area contributed by atoms with Gasteiger partial charge in [-0.3, -0.25) is 9.88 Å². The van der Waals surface area contributed by atoms with Crippen LogP contribution in [0.1, 0.15) is 55.8 Å². The molecule has 1 fully saturated rings. The number of carbonyl (C=O) groups is 1. The van der Waals surface area contributed by atoms with E-state index in [1.54, 1.807) is 62.6 Å². The van der Waals surface area contributed by atoms with Gasteiger partial charge in [-0.15, -0.1) is 0 Å². The molecule has 2 unspecified atom stereocenters. The number of halogens is 1. The number of carbonyl (C=O) groups excluding carboxylic acids is 1. The number of aromatic nitrogens is 2. The number of rotatable bonds is 12. The smallest absolute Gasteiger partial charge is 0.320 e. The number of sulfonamides is 1. The minimum Gasteiger partial charge on any atom is -0.439 e. The first-order chi connectivity index (χ1) is 22.8. The maximum atomic E-state index is 14.0. The summed E-state index contributed by atoms with van der Waals surface area (Å²) in [5.74, 6) is 0.545. The highest BCUT2D eigenvalue weighted by Crippen LogP contribution is 2.32. The van der Waals surface area contributed by atoms with Gasteiger partial charge in [-0.25, -0.2) is 27.3 Å². The molecule has 11 nitrogen and oxygen atoms in total. The second kappa shape index (κ2) is 15.2. The summed E-state index contributed by atoms with van der Waals surface area (Å²) >= 11 is 0. The Morgan fingerprint density at radius 3 is 2.52 bits per heavy atom. The molecule has 0 spiro atoms. The molecule has 13 heteroatoms. The maximum absolute atomic E-state index is 14.0. The number of hydrogen-bond acceptors (Lipinski definition) is 8. The van der Waals surface area contributed by atoms with E-state index in [-0.39, 0.29) is 41.8 Å². The third-order valence-electron chi connectivity index (χ3n) is 8.07. The second-order valence-electron chi connectivity index (χ2n) is 12.6.